The molecule has 1 aromatic carbocycles. The van der Waals surface area contributed by atoms with Gasteiger partial charge in [0.2, 0.25) is 5.82 Å². The monoisotopic (exact) mass is 525 g/mol. The molecule has 0 saturated heterocycles. The largest absolute Gasteiger partial charge is 0.475 e. The standard InChI is InChI=1S/C27H26ClF2N5O2/c1-15-6-8-16(9-7-15)14-35-23-22(18-10-19(28)13-31-12-18)32-25(27(36)37)33-24(23)34-26(35)21(30)11-17-4-2-3-5-20(17)29/h2-5,10,12-13,15-16,21H,6-9,11,14H2,1H3,(H,36,37). The van der Waals surface area contributed by atoms with Gasteiger partial charge in [-0.1, -0.05) is 49.6 Å². The Morgan fingerprint density at radius 3 is 2.62 bits per heavy atom. The van der Waals surface area contributed by atoms with Gasteiger partial charge in [0, 0.05) is 30.9 Å². The minimum absolute atomic E-state index is 0.0673. The van der Waals surface area contributed by atoms with Crippen LogP contribution in [0, 0.1) is 17.7 Å². The number of rotatable bonds is 7. The molecule has 0 aliphatic heterocycles. The van der Waals surface area contributed by atoms with E-state index >= 15 is 4.39 Å². The molecule has 10 heteroatoms. The van der Waals surface area contributed by atoms with Crippen LogP contribution in [0.5, 0.6) is 0 Å². The van der Waals surface area contributed by atoms with E-state index in [-0.39, 0.29) is 35.1 Å². The fourth-order valence-electron chi connectivity index (χ4n) is 5.03. The van der Waals surface area contributed by atoms with Crippen LogP contribution in [-0.4, -0.2) is 35.6 Å². The average molecular weight is 526 g/mol. The predicted octanol–water partition coefficient (Wildman–Crippen LogP) is 6.46. The summed E-state index contributed by atoms with van der Waals surface area (Å²) >= 11 is 6.18. The van der Waals surface area contributed by atoms with Crippen LogP contribution in [0.15, 0.2) is 42.7 Å². The van der Waals surface area contributed by atoms with Gasteiger partial charge in [-0.2, -0.15) is 0 Å². The van der Waals surface area contributed by atoms with E-state index in [0.29, 0.717) is 28.6 Å². The predicted molar refractivity (Wildman–Crippen MR) is 136 cm³/mol. The van der Waals surface area contributed by atoms with Crippen molar-refractivity contribution in [2.75, 3.05) is 0 Å². The third kappa shape index (κ3) is 5.32. The van der Waals surface area contributed by atoms with Crippen LogP contribution < -0.4 is 0 Å². The van der Waals surface area contributed by atoms with Gasteiger partial charge in [0.15, 0.2) is 11.8 Å². The number of benzene rings is 1. The second kappa shape index (κ2) is 10.5. The molecule has 3 heterocycles. The first kappa shape index (κ1) is 25.2. The van der Waals surface area contributed by atoms with Gasteiger partial charge in [0.1, 0.15) is 22.9 Å². The first-order valence-electron chi connectivity index (χ1n) is 12.3. The normalized spacial score (nSPS) is 18.7. The second-order valence-corrected chi connectivity index (χ2v) is 10.2. The molecular formula is C27H26ClF2N5O2. The fraction of sp³-hybridized carbons (Fsp3) is 0.370. The first-order valence-corrected chi connectivity index (χ1v) is 12.7. The highest BCUT2D eigenvalue weighted by Gasteiger charge is 2.29. The number of carbonyl (C=O) groups is 1. The molecule has 7 nitrogen and oxygen atoms in total. The summed E-state index contributed by atoms with van der Waals surface area (Å²) in [5, 5.41) is 9.99. The minimum atomic E-state index is -1.65. The number of aromatic carboxylic acids is 1. The molecule has 3 aromatic heterocycles. The Morgan fingerprint density at radius 2 is 1.92 bits per heavy atom. The number of pyridine rings is 1. The zero-order valence-electron chi connectivity index (χ0n) is 20.2. The van der Waals surface area contributed by atoms with E-state index in [9.17, 15) is 14.3 Å². The molecule has 37 heavy (non-hydrogen) atoms. The Balaban J connectivity index is 1.68. The number of fused-ring (bicyclic) bond motifs is 1. The Hall–Kier alpha value is -3.46. The topological polar surface area (TPSA) is 93.8 Å². The molecule has 0 bridgehead atoms. The number of alkyl halides is 1. The van der Waals surface area contributed by atoms with Crippen LogP contribution in [0.3, 0.4) is 0 Å². The summed E-state index contributed by atoms with van der Waals surface area (Å²) in [5.41, 5.74) is 1.45. The van der Waals surface area contributed by atoms with E-state index in [1.807, 2.05) is 0 Å². The molecule has 1 aliphatic carbocycles. The SMILES string of the molecule is CC1CCC(Cn2c(C(F)Cc3ccccc3F)nc3nc(C(=O)O)nc(-c4cncc(Cl)c4)c32)CC1. The molecule has 1 fully saturated rings. The van der Waals surface area contributed by atoms with Crippen LogP contribution in [0.1, 0.15) is 60.8 Å². The van der Waals surface area contributed by atoms with Gasteiger partial charge < -0.3 is 9.67 Å². The van der Waals surface area contributed by atoms with Crippen molar-refractivity contribution in [1.29, 1.82) is 0 Å². The van der Waals surface area contributed by atoms with Crippen molar-refractivity contribution in [2.45, 2.75) is 51.7 Å². The van der Waals surface area contributed by atoms with Gasteiger partial charge >= 0.3 is 5.97 Å². The lowest BCUT2D eigenvalue weighted by atomic mass is 9.83. The molecule has 0 spiro atoms. The van der Waals surface area contributed by atoms with Crippen LogP contribution in [0.4, 0.5) is 8.78 Å². The molecule has 0 radical (unpaired) electrons. The molecule has 5 rings (SSSR count). The van der Waals surface area contributed by atoms with E-state index in [1.54, 1.807) is 28.8 Å². The second-order valence-electron chi connectivity index (χ2n) is 9.73. The summed E-state index contributed by atoms with van der Waals surface area (Å²) in [5.74, 6) is -1.30. The van der Waals surface area contributed by atoms with E-state index in [2.05, 4.69) is 26.9 Å². The van der Waals surface area contributed by atoms with Crippen molar-refractivity contribution in [3.63, 3.8) is 0 Å². The summed E-state index contributed by atoms with van der Waals surface area (Å²) in [7, 11) is 0. The van der Waals surface area contributed by atoms with Crippen molar-refractivity contribution < 1.29 is 18.7 Å². The van der Waals surface area contributed by atoms with Gasteiger partial charge in [-0.15, -0.1) is 0 Å². The van der Waals surface area contributed by atoms with Crippen molar-refractivity contribution in [1.82, 2.24) is 24.5 Å². The molecular weight excluding hydrogens is 500 g/mol. The van der Waals surface area contributed by atoms with Crippen LogP contribution in [0.2, 0.25) is 5.02 Å². The number of aromatic nitrogens is 5. The van der Waals surface area contributed by atoms with Crippen molar-refractivity contribution in [2.24, 2.45) is 11.8 Å². The maximum Gasteiger partial charge on any atom is 0.374 e. The highest BCUT2D eigenvalue weighted by atomic mass is 35.5. The van der Waals surface area contributed by atoms with Crippen LogP contribution >= 0.6 is 11.6 Å². The lowest BCUT2D eigenvalue weighted by Crippen LogP contribution is -2.20. The zero-order valence-corrected chi connectivity index (χ0v) is 21.0. The van der Waals surface area contributed by atoms with E-state index in [1.165, 1.54) is 18.5 Å². The van der Waals surface area contributed by atoms with E-state index in [0.717, 1.165) is 25.7 Å². The molecule has 1 aliphatic rings. The molecule has 192 valence electrons. The van der Waals surface area contributed by atoms with E-state index < -0.39 is 23.8 Å². The third-order valence-corrected chi connectivity index (χ3v) is 7.22. The van der Waals surface area contributed by atoms with E-state index in [4.69, 9.17) is 11.6 Å². The first-order chi connectivity index (χ1) is 17.8. The molecule has 1 unspecified atom stereocenters. The Kier molecular flexibility index (Phi) is 7.15. The number of carboxylic acid groups (broad SMARTS) is 1. The fourth-order valence-corrected chi connectivity index (χ4v) is 5.21. The molecule has 0 amide bonds. The lowest BCUT2D eigenvalue weighted by molar-refractivity contribution is 0.0684. The van der Waals surface area contributed by atoms with Crippen molar-refractivity contribution >= 4 is 28.7 Å². The number of carboxylic acids is 1. The maximum absolute atomic E-state index is 15.9. The van der Waals surface area contributed by atoms with Gasteiger partial charge in [0.05, 0.1) is 5.02 Å². The van der Waals surface area contributed by atoms with Gasteiger partial charge in [-0.05, 0) is 42.4 Å². The summed E-state index contributed by atoms with van der Waals surface area (Å²) in [4.78, 5) is 28.9. The van der Waals surface area contributed by atoms with Crippen molar-refractivity contribution in [3.05, 3.63) is 70.8 Å². The number of halogens is 3. The summed E-state index contributed by atoms with van der Waals surface area (Å²) in [6, 6.07) is 7.67. The van der Waals surface area contributed by atoms with Gasteiger partial charge in [0.25, 0.3) is 0 Å². The number of imidazole rings is 1. The lowest BCUT2D eigenvalue weighted by Gasteiger charge is -2.27. The molecule has 1 atom stereocenters. The molecule has 4 aromatic rings. The molecule has 1 saturated carbocycles. The number of hydrogen-bond acceptors (Lipinski definition) is 5. The average Bonchev–Trinajstić information content (AvgIpc) is 3.24. The van der Waals surface area contributed by atoms with Crippen LogP contribution in [-0.2, 0) is 13.0 Å². The minimum Gasteiger partial charge on any atom is -0.475 e. The van der Waals surface area contributed by atoms with Crippen molar-refractivity contribution in [3.8, 4) is 11.3 Å². The zero-order chi connectivity index (χ0) is 26.1. The Morgan fingerprint density at radius 1 is 1.16 bits per heavy atom. The Bertz CT molecular complexity index is 1450. The summed E-state index contributed by atoms with van der Waals surface area (Å²) in [6.07, 6.45) is 5.22. The third-order valence-electron chi connectivity index (χ3n) is 7.02. The molecule has 1 N–H and O–H groups in total. The number of nitrogens with zero attached hydrogens (tertiary/aromatic N) is 5. The summed E-state index contributed by atoms with van der Waals surface area (Å²) in [6.45, 7) is 2.69. The number of hydrogen-bond donors (Lipinski definition) is 1. The van der Waals surface area contributed by atoms with Crippen LogP contribution in [0.25, 0.3) is 22.4 Å². The highest BCUT2D eigenvalue weighted by Crippen LogP contribution is 2.36. The van der Waals surface area contributed by atoms with Gasteiger partial charge in [-0.3, -0.25) is 4.98 Å². The smallest absolute Gasteiger partial charge is 0.374 e. The maximum atomic E-state index is 15.9. The quantitative estimate of drug-likeness (QED) is 0.297. The van der Waals surface area contributed by atoms with Gasteiger partial charge in [-0.25, -0.2) is 28.5 Å². The highest BCUT2D eigenvalue weighted by molar-refractivity contribution is 6.30. The summed E-state index contributed by atoms with van der Waals surface area (Å²) < 4.78 is 32.0. The Labute approximate surface area is 217 Å².